The average Bonchev–Trinajstić information content (AvgIpc) is 2.59. The summed E-state index contributed by atoms with van der Waals surface area (Å²) in [7, 11) is 9.57. The molecule has 0 saturated heterocycles. The molecular formula is C18H27Cl2CoP. The number of benzene rings is 1. The van der Waals surface area contributed by atoms with Crippen LogP contribution in [0.25, 0.3) is 0 Å². The molecule has 0 unspecified atom stereocenters. The molecular weight excluding hydrogens is 377 g/mol. The molecule has 2 aliphatic rings. The molecule has 4 heteroatoms. The van der Waals surface area contributed by atoms with Gasteiger partial charge in [0.05, 0.1) is 0 Å². The van der Waals surface area contributed by atoms with Crippen LogP contribution in [0.5, 0.6) is 0 Å². The van der Waals surface area contributed by atoms with Crippen molar-refractivity contribution in [2.75, 3.05) is 0 Å². The SMILES string of the molecule is [Cl][Co][Cl].c1ccc(P(C2CCCCC2)C2CCCCC2)cc1. The summed E-state index contributed by atoms with van der Waals surface area (Å²) in [5, 5.41) is 1.70. The van der Waals surface area contributed by atoms with Crippen molar-refractivity contribution < 1.29 is 12.9 Å². The first-order valence-electron chi connectivity index (χ1n) is 8.54. The van der Waals surface area contributed by atoms with Crippen LogP contribution in [0.2, 0.25) is 0 Å². The van der Waals surface area contributed by atoms with E-state index in [9.17, 15) is 0 Å². The summed E-state index contributed by atoms with van der Waals surface area (Å²) in [6, 6.07) is 11.6. The van der Waals surface area contributed by atoms with Crippen LogP contribution >= 0.6 is 28.2 Å². The average molecular weight is 404 g/mol. The molecule has 3 rings (SSSR count). The molecule has 0 bridgehead atoms. The van der Waals surface area contributed by atoms with Crippen molar-refractivity contribution in [1.82, 2.24) is 0 Å². The van der Waals surface area contributed by atoms with Crippen LogP contribution in [0.15, 0.2) is 30.3 Å². The second-order valence-electron chi connectivity index (χ2n) is 6.37. The van der Waals surface area contributed by atoms with E-state index in [1.807, 2.05) is 0 Å². The summed E-state index contributed by atoms with van der Waals surface area (Å²) in [6.07, 6.45) is 15.0. The smallest absolute Gasteiger partial charge is 0.0166 e. The molecule has 0 aliphatic heterocycles. The summed E-state index contributed by atoms with van der Waals surface area (Å²) in [5.41, 5.74) is 2.07. The van der Waals surface area contributed by atoms with Gasteiger partial charge in [-0.3, -0.25) is 0 Å². The standard InChI is InChI=1S/C18H27P.2ClH.Co/c1-4-10-16(11-5-1)19(17-12-6-2-7-13-17)18-14-8-3-9-15-18;;;/h1,4-5,10-11,17-18H,2-3,6-9,12-15H2;2*1H;/q;;;+2/p-2. The first kappa shape index (κ1) is 19.1. The molecule has 0 N–H and O–H groups in total. The Kier molecular flexibility index (Phi) is 9.81. The molecule has 0 radical (unpaired) electrons. The number of rotatable bonds is 3. The van der Waals surface area contributed by atoms with Crippen molar-refractivity contribution in [2.45, 2.75) is 75.5 Å². The van der Waals surface area contributed by atoms with E-state index in [0.29, 0.717) is 12.9 Å². The van der Waals surface area contributed by atoms with Crippen molar-refractivity contribution in [1.29, 1.82) is 0 Å². The van der Waals surface area contributed by atoms with Gasteiger partial charge in [0.2, 0.25) is 0 Å². The Labute approximate surface area is 152 Å². The molecule has 0 nitrogen and oxygen atoms in total. The Bertz CT molecular complexity index is 371. The maximum absolute atomic E-state index is 4.73. The van der Waals surface area contributed by atoms with E-state index in [2.05, 4.69) is 30.3 Å². The van der Waals surface area contributed by atoms with E-state index >= 15 is 0 Å². The van der Waals surface area contributed by atoms with Gasteiger partial charge in [-0.1, -0.05) is 76.8 Å². The van der Waals surface area contributed by atoms with Crippen molar-refractivity contribution in [3.8, 4) is 0 Å². The largest absolute Gasteiger partial charge is 0.0690 e. The summed E-state index contributed by atoms with van der Waals surface area (Å²) in [5.74, 6) is 0. The van der Waals surface area contributed by atoms with E-state index in [1.54, 1.807) is 5.30 Å². The summed E-state index contributed by atoms with van der Waals surface area (Å²) >= 11 is 0.382. The molecule has 2 saturated carbocycles. The fourth-order valence-corrected chi connectivity index (χ4v) is 7.84. The van der Waals surface area contributed by atoms with Crippen LogP contribution in [0.3, 0.4) is 0 Å². The van der Waals surface area contributed by atoms with Gasteiger partial charge in [-0.05, 0) is 42.3 Å². The number of hydrogen-bond acceptors (Lipinski definition) is 0. The van der Waals surface area contributed by atoms with Crippen molar-refractivity contribution in [3.63, 3.8) is 0 Å². The maximum Gasteiger partial charge on any atom is -0.0166 e. The first-order chi connectivity index (χ1) is 10.9. The Balaban J connectivity index is 0.000000545. The Morgan fingerprint density at radius 3 is 1.55 bits per heavy atom. The summed E-state index contributed by atoms with van der Waals surface area (Å²) in [4.78, 5) is 0. The van der Waals surface area contributed by atoms with Gasteiger partial charge >= 0.3 is 33.2 Å². The molecule has 0 heterocycles. The molecule has 2 aliphatic carbocycles. The van der Waals surface area contributed by atoms with Gasteiger partial charge in [-0.25, -0.2) is 0 Å². The van der Waals surface area contributed by atoms with Crippen molar-refractivity contribution in [2.24, 2.45) is 0 Å². The van der Waals surface area contributed by atoms with Crippen LogP contribution in [0.1, 0.15) is 64.2 Å². The topological polar surface area (TPSA) is 0 Å². The molecule has 2 fully saturated rings. The number of hydrogen-bond donors (Lipinski definition) is 0. The Hall–Kier alpha value is 0.736. The van der Waals surface area contributed by atoms with E-state index < -0.39 is 0 Å². The second-order valence-corrected chi connectivity index (χ2v) is 10.9. The minimum Gasteiger partial charge on any atom is -0.0690 e. The maximum atomic E-state index is 4.73. The van der Waals surface area contributed by atoms with Gasteiger partial charge < -0.3 is 0 Å². The third-order valence-electron chi connectivity index (χ3n) is 4.99. The third-order valence-corrected chi connectivity index (χ3v) is 8.49. The first-order valence-corrected chi connectivity index (χ1v) is 12.9. The zero-order chi connectivity index (χ0) is 15.6. The summed E-state index contributed by atoms with van der Waals surface area (Å²) < 4.78 is 0. The quantitative estimate of drug-likeness (QED) is 0.484. The zero-order valence-corrected chi connectivity index (χ0v) is 16.6. The van der Waals surface area contributed by atoms with E-state index in [0.717, 1.165) is 11.3 Å². The van der Waals surface area contributed by atoms with Crippen LogP contribution < -0.4 is 5.30 Å². The van der Waals surface area contributed by atoms with Crippen molar-refractivity contribution >= 4 is 33.5 Å². The van der Waals surface area contributed by atoms with Gasteiger partial charge in [0.25, 0.3) is 0 Å². The second kappa shape index (κ2) is 11.3. The molecule has 0 amide bonds. The predicted octanol–water partition coefficient (Wildman–Crippen LogP) is 6.84. The fourth-order valence-electron chi connectivity index (χ4n) is 4.04. The third kappa shape index (κ3) is 5.99. The molecule has 127 valence electrons. The molecule has 22 heavy (non-hydrogen) atoms. The molecule has 0 spiro atoms. The minimum absolute atomic E-state index is 0.108. The van der Waals surface area contributed by atoms with Gasteiger partial charge in [0.1, 0.15) is 0 Å². The molecule has 1 aromatic carbocycles. The van der Waals surface area contributed by atoms with Gasteiger partial charge in [-0.2, -0.15) is 0 Å². The molecule has 1 aromatic rings. The molecule has 0 atom stereocenters. The van der Waals surface area contributed by atoms with Crippen LogP contribution in [-0.2, 0) is 12.9 Å². The number of halogens is 2. The van der Waals surface area contributed by atoms with E-state index in [4.69, 9.17) is 20.3 Å². The van der Waals surface area contributed by atoms with E-state index in [1.165, 1.54) is 64.2 Å². The van der Waals surface area contributed by atoms with E-state index in [-0.39, 0.29) is 7.92 Å². The Morgan fingerprint density at radius 2 is 1.14 bits per heavy atom. The van der Waals surface area contributed by atoms with Gasteiger partial charge in [0.15, 0.2) is 0 Å². The van der Waals surface area contributed by atoms with Crippen molar-refractivity contribution in [3.05, 3.63) is 30.3 Å². The monoisotopic (exact) mass is 403 g/mol. The summed E-state index contributed by atoms with van der Waals surface area (Å²) in [6.45, 7) is 0. The fraction of sp³-hybridized carbons (Fsp3) is 0.667. The molecule has 0 aromatic heterocycles. The normalized spacial score (nSPS) is 20.7. The van der Waals surface area contributed by atoms with Crippen LogP contribution in [-0.4, -0.2) is 11.3 Å². The van der Waals surface area contributed by atoms with Gasteiger partial charge in [-0.15, -0.1) is 0 Å². The zero-order valence-electron chi connectivity index (χ0n) is 13.1. The van der Waals surface area contributed by atoms with Crippen LogP contribution in [0, 0.1) is 0 Å². The Morgan fingerprint density at radius 1 is 0.727 bits per heavy atom. The van der Waals surface area contributed by atoms with Gasteiger partial charge in [0, 0.05) is 0 Å². The minimum atomic E-state index is 0.108. The predicted molar refractivity (Wildman–Crippen MR) is 98.4 cm³/mol. The van der Waals surface area contributed by atoms with Crippen LogP contribution in [0.4, 0.5) is 0 Å².